The molecule has 472 valence electrons. The van der Waals surface area contributed by atoms with Crippen LogP contribution in [0.1, 0.15) is 228 Å². The summed E-state index contributed by atoms with van der Waals surface area (Å²) in [5, 5.41) is 2.81. The maximum absolute atomic E-state index is 2.75. The third-order valence-corrected chi connectivity index (χ3v) is 20.5. The molecule has 0 amide bonds. The third kappa shape index (κ3) is 14.9. The summed E-state index contributed by atoms with van der Waals surface area (Å²) in [4.78, 5) is 2.43. The number of hydrogen-bond acceptors (Lipinski definition) is 1. The molecule has 0 N–H and O–H groups in total. The molecule has 0 fully saturated rings. The lowest BCUT2D eigenvalue weighted by Gasteiger charge is -2.33. The van der Waals surface area contributed by atoms with Crippen LogP contribution in [0.25, 0.3) is 72.0 Å². The number of nitrogens with zero attached hydrogens (tertiary/aromatic N) is 2. The molecule has 0 saturated carbocycles. The largest absolute Gasteiger partial charge is 0.311 e. The minimum absolute atomic E-state index is 0.0122. The molecule has 11 rings (SSSR count). The quantitative estimate of drug-likeness (QED) is 0.0365. The molecule has 2 heteroatoms. The first-order valence-electron chi connectivity index (χ1n) is 36.4. The highest BCUT2D eigenvalue weighted by Gasteiger charge is 2.44. The Balaban J connectivity index is 1.07. The summed E-state index contributed by atoms with van der Waals surface area (Å²) < 4.78 is 2.75. The van der Waals surface area contributed by atoms with E-state index in [1.165, 1.54) is 254 Å². The number of benzene rings is 9. The Morgan fingerprint density at radius 3 is 1.44 bits per heavy atom. The van der Waals surface area contributed by atoms with Gasteiger partial charge in [-0.3, -0.25) is 0 Å². The Hall–Kier alpha value is -7.42. The number of fused-ring (bicyclic) bond motifs is 7. The van der Waals surface area contributed by atoms with Gasteiger partial charge < -0.3 is 9.47 Å². The van der Waals surface area contributed by atoms with Crippen molar-refractivity contribution in [2.75, 3.05) is 4.90 Å². The summed E-state index contributed by atoms with van der Waals surface area (Å²) in [5.41, 5.74) is 28.4. The van der Waals surface area contributed by atoms with Crippen molar-refractivity contribution in [3.63, 3.8) is 0 Å². The van der Waals surface area contributed by atoms with Gasteiger partial charge in [0.2, 0.25) is 0 Å². The number of hydrogen-bond donors (Lipinski definition) is 0. The Morgan fingerprint density at radius 2 is 0.835 bits per heavy atom. The zero-order valence-electron chi connectivity index (χ0n) is 56.9. The summed E-state index contributed by atoms with van der Waals surface area (Å²) in [6, 6.07) is 73.9. The number of aryl methyl sites for hydroxylation is 5. The molecule has 0 saturated heterocycles. The average molecular weight is 1200 g/mol. The zero-order chi connectivity index (χ0) is 62.9. The van der Waals surface area contributed by atoms with Gasteiger partial charge in [0.25, 0.3) is 0 Å². The Bertz CT molecular complexity index is 3900. The predicted molar refractivity (Wildman–Crippen MR) is 398 cm³/mol. The first-order valence-corrected chi connectivity index (χ1v) is 36.4. The molecule has 91 heavy (non-hydrogen) atoms. The number of aromatic nitrogens is 1. The smallest absolute Gasteiger partial charge is 0.0547 e. The average Bonchev–Trinajstić information content (AvgIpc) is 1.53. The molecule has 0 unspecified atom stereocenters. The zero-order valence-corrected chi connectivity index (χ0v) is 56.9. The van der Waals surface area contributed by atoms with Crippen LogP contribution < -0.4 is 4.90 Å². The monoisotopic (exact) mass is 1200 g/mol. The van der Waals surface area contributed by atoms with Gasteiger partial charge in [0.05, 0.1) is 11.0 Å². The van der Waals surface area contributed by atoms with Gasteiger partial charge in [0.1, 0.15) is 0 Å². The molecule has 0 aliphatic heterocycles. The molecule has 1 aliphatic carbocycles. The van der Waals surface area contributed by atoms with E-state index >= 15 is 0 Å². The molecule has 0 atom stereocenters. The summed E-state index contributed by atoms with van der Waals surface area (Å²) in [5.74, 6) is 0. The third-order valence-electron chi connectivity index (χ3n) is 20.5. The van der Waals surface area contributed by atoms with Crippen molar-refractivity contribution in [2.24, 2.45) is 0 Å². The van der Waals surface area contributed by atoms with E-state index in [1.54, 1.807) is 11.1 Å². The van der Waals surface area contributed by atoms with Crippen molar-refractivity contribution in [1.82, 2.24) is 4.57 Å². The molecule has 1 heterocycles. The Labute approximate surface area is 549 Å². The molecule has 0 bridgehead atoms. The molecule has 1 aromatic heterocycles. The maximum atomic E-state index is 2.75. The van der Waals surface area contributed by atoms with Crippen molar-refractivity contribution in [3.05, 3.63) is 227 Å². The molecule has 10 aromatic rings. The first-order chi connectivity index (χ1) is 44.8. The van der Waals surface area contributed by atoms with Crippen molar-refractivity contribution in [2.45, 2.75) is 227 Å². The fraction of sp³-hybridized carbons (Fsp3) is 0.393. The fourth-order valence-corrected chi connectivity index (χ4v) is 15.4. The van der Waals surface area contributed by atoms with Gasteiger partial charge in [-0.15, -0.1) is 0 Å². The number of rotatable bonds is 34. The van der Waals surface area contributed by atoms with Gasteiger partial charge >= 0.3 is 0 Å². The lowest BCUT2D eigenvalue weighted by atomic mass is 9.70. The number of anilines is 3. The van der Waals surface area contributed by atoms with Crippen LogP contribution in [0.5, 0.6) is 0 Å². The highest BCUT2D eigenvalue weighted by atomic mass is 15.1. The lowest BCUT2D eigenvalue weighted by Crippen LogP contribution is -2.25. The first kappa shape index (κ1) is 65.1. The number of unbranched alkanes of at least 4 members (excludes halogenated alkanes) is 17. The van der Waals surface area contributed by atoms with E-state index in [1.807, 2.05) is 0 Å². The summed E-state index contributed by atoms with van der Waals surface area (Å²) in [6.45, 7) is 16.2. The maximum Gasteiger partial charge on any atom is 0.0547 e. The van der Waals surface area contributed by atoms with E-state index in [0.29, 0.717) is 0 Å². The van der Waals surface area contributed by atoms with Crippen molar-refractivity contribution < 1.29 is 0 Å². The lowest BCUT2D eigenvalue weighted by molar-refractivity contribution is 0.398. The van der Waals surface area contributed by atoms with Crippen LogP contribution in [-0.2, 0) is 24.7 Å². The van der Waals surface area contributed by atoms with E-state index in [0.717, 1.165) is 36.3 Å². The second-order valence-corrected chi connectivity index (χ2v) is 27.3. The van der Waals surface area contributed by atoms with Crippen LogP contribution in [0.15, 0.2) is 188 Å². The minimum Gasteiger partial charge on any atom is -0.311 e. The normalized spacial score (nSPS) is 12.5. The Morgan fingerprint density at radius 1 is 0.341 bits per heavy atom. The van der Waals surface area contributed by atoms with Gasteiger partial charge in [-0.2, -0.15) is 0 Å². The van der Waals surface area contributed by atoms with Crippen LogP contribution in [0, 0.1) is 13.8 Å². The van der Waals surface area contributed by atoms with Gasteiger partial charge in [0.15, 0.2) is 0 Å². The molecular formula is C89H106N2. The van der Waals surface area contributed by atoms with E-state index in [9.17, 15) is 0 Å². The standard InChI is InChI=1S/C89H106N2/c1-8-13-18-22-24-31-60-89(61-32-25-23-19-14-9-2)82-57-59-85-88(87(82)79-56-40-67(7)62-83(79)89)81-63-73(69-34-29-26-30-35-69)49-58-84(81)91(85)86-65-74(36-27-20-15-10-3)80(64-75(86)37-28-21-16-11-4)72-47-54-78(55-48-72)90(76-50-38-66(6)39-51-76)77-52-45-71(46-53-77)70-43-41-68(42-44-70)33-17-12-5/h26,29-30,34-35,38-59,62-65H,8-25,27-28,31-33,36-37,60-61H2,1-7H3. The molecular weight excluding hydrogens is 1100 g/mol. The van der Waals surface area contributed by atoms with Gasteiger partial charge in [-0.25, -0.2) is 0 Å². The molecule has 0 spiro atoms. The summed E-state index contributed by atoms with van der Waals surface area (Å²) >= 11 is 0. The van der Waals surface area contributed by atoms with Crippen molar-refractivity contribution in [1.29, 1.82) is 0 Å². The van der Waals surface area contributed by atoms with Crippen molar-refractivity contribution >= 4 is 38.9 Å². The summed E-state index contributed by atoms with van der Waals surface area (Å²) in [7, 11) is 0. The van der Waals surface area contributed by atoms with Crippen molar-refractivity contribution in [3.8, 4) is 50.2 Å². The van der Waals surface area contributed by atoms with E-state index in [4.69, 9.17) is 0 Å². The predicted octanol–water partition coefficient (Wildman–Crippen LogP) is 27.2. The molecule has 0 radical (unpaired) electrons. The van der Waals surface area contributed by atoms with Crippen LogP contribution in [0.4, 0.5) is 17.1 Å². The molecule has 1 aliphatic rings. The minimum atomic E-state index is -0.0122. The highest BCUT2D eigenvalue weighted by Crippen LogP contribution is 2.58. The molecule has 2 nitrogen and oxygen atoms in total. The van der Waals surface area contributed by atoms with Crippen LogP contribution in [-0.4, -0.2) is 4.57 Å². The van der Waals surface area contributed by atoms with Gasteiger partial charge in [0, 0.05) is 38.9 Å². The van der Waals surface area contributed by atoms with E-state index in [2.05, 4.69) is 246 Å². The molecule has 9 aromatic carbocycles. The van der Waals surface area contributed by atoms with Crippen LogP contribution in [0.2, 0.25) is 0 Å². The summed E-state index contributed by atoms with van der Waals surface area (Å²) in [6.07, 6.45) is 33.7. The van der Waals surface area contributed by atoms with Gasteiger partial charge in [-0.1, -0.05) is 289 Å². The second-order valence-electron chi connectivity index (χ2n) is 27.3. The fourth-order valence-electron chi connectivity index (χ4n) is 15.4. The van der Waals surface area contributed by atoms with Crippen LogP contribution in [0.3, 0.4) is 0 Å². The van der Waals surface area contributed by atoms with Gasteiger partial charge in [-0.05, 0) is 204 Å². The Kier molecular flexibility index (Phi) is 22.7. The SMILES string of the molecule is CCCCCCCCC1(CCCCCCCC)c2cc(C)ccc2-c2c1ccc1c2c2cc(-c3ccccc3)ccc2n1-c1cc(CCCCCC)c(-c2ccc(N(c3ccc(C)cc3)c3ccc(-c4ccc(CCCC)cc4)cc3)cc2)cc1CCCCCC. The highest BCUT2D eigenvalue weighted by molar-refractivity contribution is 6.19. The van der Waals surface area contributed by atoms with Crippen LogP contribution >= 0.6 is 0 Å². The van der Waals surface area contributed by atoms with E-state index < -0.39 is 0 Å². The topological polar surface area (TPSA) is 8.17 Å². The second kappa shape index (κ2) is 31.7. The van der Waals surface area contributed by atoms with E-state index in [-0.39, 0.29) is 5.41 Å².